The van der Waals surface area contributed by atoms with E-state index in [0.29, 0.717) is 16.8 Å². The number of furan rings is 1. The maximum Gasteiger partial charge on any atom is 0.230 e. The average molecular weight is 255 g/mol. The Morgan fingerprint density at radius 3 is 2.93 bits per heavy atom. The highest BCUT2D eigenvalue weighted by atomic mass is 79.9. The summed E-state index contributed by atoms with van der Waals surface area (Å²) in [6.07, 6.45) is 1.58. The number of nitrogen functional groups attached to an aromatic ring is 1. The first-order chi connectivity index (χ1) is 6.61. The zero-order valence-corrected chi connectivity index (χ0v) is 8.96. The molecule has 0 saturated heterocycles. The van der Waals surface area contributed by atoms with Gasteiger partial charge in [0.25, 0.3) is 0 Å². The summed E-state index contributed by atoms with van der Waals surface area (Å²) in [7, 11) is 0. The summed E-state index contributed by atoms with van der Waals surface area (Å²) in [5.74, 6) is -0.0354. The molecule has 0 aliphatic rings. The molecule has 0 spiro atoms. The van der Waals surface area contributed by atoms with Crippen LogP contribution in [-0.4, -0.2) is 10.8 Å². The van der Waals surface area contributed by atoms with Crippen molar-refractivity contribution < 1.29 is 9.21 Å². The van der Waals surface area contributed by atoms with Crippen molar-refractivity contribution in [1.82, 2.24) is 4.98 Å². The lowest BCUT2D eigenvalue weighted by Crippen LogP contribution is -1.95. The number of Topliss-reactive ketones (excluding diaryl/α,β-unsaturated/α-hetero) is 1. The normalized spacial score (nSPS) is 10.7. The molecule has 5 heteroatoms. The number of nitrogens with two attached hydrogens (primary N) is 1. The van der Waals surface area contributed by atoms with E-state index in [2.05, 4.69) is 20.9 Å². The van der Waals surface area contributed by atoms with Gasteiger partial charge in [0, 0.05) is 17.6 Å². The number of fused-ring (bicyclic) bond motifs is 1. The number of carbonyl (C=O) groups is 1. The van der Waals surface area contributed by atoms with Crippen LogP contribution in [0.4, 0.5) is 5.69 Å². The summed E-state index contributed by atoms with van der Waals surface area (Å²) in [4.78, 5) is 15.1. The van der Waals surface area contributed by atoms with Gasteiger partial charge >= 0.3 is 0 Å². The minimum absolute atomic E-state index is 0.166. The number of nitrogens with zero attached hydrogens (tertiary/aromatic N) is 1. The van der Waals surface area contributed by atoms with E-state index in [9.17, 15) is 4.79 Å². The van der Waals surface area contributed by atoms with Crippen LogP contribution in [0, 0.1) is 0 Å². The molecule has 0 aliphatic carbocycles. The van der Waals surface area contributed by atoms with Crippen LogP contribution >= 0.6 is 15.9 Å². The minimum atomic E-state index is -0.201. The molecule has 2 heterocycles. The smallest absolute Gasteiger partial charge is 0.230 e. The molecule has 2 aromatic heterocycles. The van der Waals surface area contributed by atoms with Gasteiger partial charge in [-0.1, -0.05) is 0 Å². The molecule has 72 valence electrons. The van der Waals surface area contributed by atoms with Gasteiger partial charge in [0.15, 0.2) is 11.5 Å². The van der Waals surface area contributed by atoms with Gasteiger partial charge in [-0.3, -0.25) is 4.79 Å². The molecular formula is C9H7BrN2O2. The van der Waals surface area contributed by atoms with Crippen molar-refractivity contribution in [3.8, 4) is 0 Å². The first-order valence-electron chi connectivity index (χ1n) is 3.94. The fraction of sp³-hybridized carbons (Fsp3) is 0.111. The van der Waals surface area contributed by atoms with Crippen LogP contribution in [0.2, 0.25) is 0 Å². The summed E-state index contributed by atoms with van der Waals surface area (Å²) in [5.41, 5.74) is 6.47. The largest absolute Gasteiger partial charge is 0.432 e. The highest BCUT2D eigenvalue weighted by Gasteiger charge is 2.17. The molecule has 14 heavy (non-hydrogen) atoms. The van der Waals surface area contributed by atoms with Gasteiger partial charge < -0.3 is 10.2 Å². The van der Waals surface area contributed by atoms with Gasteiger partial charge in [-0.2, -0.15) is 0 Å². The molecule has 0 amide bonds. The Labute approximate surface area is 88.2 Å². The van der Waals surface area contributed by atoms with E-state index < -0.39 is 0 Å². The van der Waals surface area contributed by atoms with Crippen molar-refractivity contribution >= 4 is 38.5 Å². The number of pyridine rings is 1. The van der Waals surface area contributed by atoms with Gasteiger partial charge in [-0.05, 0) is 22.0 Å². The SMILES string of the molecule is CC(=O)c1oc2nccc(Br)c2c1N. The third kappa shape index (κ3) is 1.21. The molecule has 4 nitrogen and oxygen atoms in total. The molecule has 2 N–H and O–H groups in total. The fourth-order valence-corrected chi connectivity index (χ4v) is 1.77. The molecular weight excluding hydrogens is 248 g/mol. The molecule has 0 unspecified atom stereocenters. The predicted octanol–water partition coefficient (Wildman–Crippen LogP) is 2.38. The molecule has 0 fully saturated rings. The molecule has 2 aromatic rings. The van der Waals surface area contributed by atoms with Crippen LogP contribution in [0.5, 0.6) is 0 Å². The molecule has 0 radical (unpaired) electrons. The van der Waals surface area contributed by atoms with Crippen molar-refractivity contribution in [3.05, 3.63) is 22.5 Å². The van der Waals surface area contributed by atoms with Crippen molar-refractivity contribution in [2.45, 2.75) is 6.92 Å². The van der Waals surface area contributed by atoms with E-state index in [1.165, 1.54) is 6.92 Å². The topological polar surface area (TPSA) is 69.1 Å². The van der Waals surface area contributed by atoms with Gasteiger partial charge in [0.1, 0.15) is 0 Å². The fourth-order valence-electron chi connectivity index (χ4n) is 1.27. The van der Waals surface area contributed by atoms with Crippen LogP contribution in [0.15, 0.2) is 21.2 Å². The van der Waals surface area contributed by atoms with Crippen LogP contribution in [-0.2, 0) is 0 Å². The summed E-state index contributed by atoms with van der Waals surface area (Å²) in [6.45, 7) is 1.40. The molecule has 0 saturated carbocycles. The van der Waals surface area contributed by atoms with Gasteiger partial charge in [-0.25, -0.2) is 4.98 Å². The maximum absolute atomic E-state index is 11.1. The summed E-state index contributed by atoms with van der Waals surface area (Å²) in [5, 5.41) is 0.651. The van der Waals surface area contributed by atoms with Crippen molar-refractivity contribution in [2.24, 2.45) is 0 Å². The number of hydrogen-bond donors (Lipinski definition) is 1. The maximum atomic E-state index is 11.1. The Bertz CT molecular complexity index is 519. The lowest BCUT2D eigenvalue weighted by atomic mass is 10.2. The van der Waals surface area contributed by atoms with Crippen LogP contribution in [0.1, 0.15) is 17.5 Å². The molecule has 0 bridgehead atoms. The van der Waals surface area contributed by atoms with Gasteiger partial charge in [0.05, 0.1) is 11.1 Å². The first kappa shape index (κ1) is 9.21. The standard InChI is InChI=1S/C9H7BrN2O2/c1-4(13)8-7(11)6-5(10)2-3-12-9(6)14-8/h2-3H,11H2,1H3. The van der Waals surface area contributed by atoms with E-state index >= 15 is 0 Å². The summed E-state index contributed by atoms with van der Waals surface area (Å²) in [6, 6.07) is 1.75. The van der Waals surface area contributed by atoms with Crippen LogP contribution in [0.25, 0.3) is 11.1 Å². The summed E-state index contributed by atoms with van der Waals surface area (Å²) < 4.78 is 6.00. The zero-order valence-electron chi connectivity index (χ0n) is 7.37. The summed E-state index contributed by atoms with van der Waals surface area (Å²) >= 11 is 3.32. The van der Waals surface area contributed by atoms with Crippen LogP contribution in [0.3, 0.4) is 0 Å². The van der Waals surface area contributed by atoms with E-state index in [1.54, 1.807) is 12.3 Å². The molecule has 2 rings (SSSR count). The predicted molar refractivity (Wildman–Crippen MR) is 56.1 cm³/mol. The third-order valence-electron chi connectivity index (χ3n) is 1.90. The Morgan fingerprint density at radius 2 is 2.36 bits per heavy atom. The number of anilines is 1. The van der Waals surface area contributed by atoms with E-state index in [4.69, 9.17) is 10.2 Å². The quantitative estimate of drug-likeness (QED) is 0.794. The van der Waals surface area contributed by atoms with E-state index in [1.807, 2.05) is 0 Å². The number of rotatable bonds is 1. The highest BCUT2D eigenvalue weighted by Crippen LogP contribution is 2.32. The molecule has 0 atom stereocenters. The lowest BCUT2D eigenvalue weighted by Gasteiger charge is -1.92. The van der Waals surface area contributed by atoms with Crippen molar-refractivity contribution in [3.63, 3.8) is 0 Å². The highest BCUT2D eigenvalue weighted by molar-refractivity contribution is 9.10. The molecule has 0 aliphatic heterocycles. The second-order valence-corrected chi connectivity index (χ2v) is 3.73. The second kappa shape index (κ2) is 3.09. The van der Waals surface area contributed by atoms with Gasteiger partial charge in [0.2, 0.25) is 5.71 Å². The van der Waals surface area contributed by atoms with E-state index in [-0.39, 0.29) is 11.5 Å². The monoisotopic (exact) mass is 254 g/mol. The Morgan fingerprint density at radius 1 is 1.64 bits per heavy atom. The average Bonchev–Trinajstić information content (AvgIpc) is 2.45. The number of hydrogen-bond acceptors (Lipinski definition) is 4. The Hall–Kier alpha value is -1.36. The minimum Gasteiger partial charge on any atom is -0.432 e. The zero-order chi connectivity index (χ0) is 10.3. The first-order valence-corrected chi connectivity index (χ1v) is 4.74. The Kier molecular flexibility index (Phi) is 2.03. The number of ketones is 1. The lowest BCUT2D eigenvalue weighted by molar-refractivity contribution is 0.0990. The van der Waals surface area contributed by atoms with Crippen LogP contribution < -0.4 is 5.73 Å². The Balaban J connectivity index is 2.87. The van der Waals surface area contributed by atoms with Gasteiger partial charge in [-0.15, -0.1) is 0 Å². The van der Waals surface area contributed by atoms with Crippen molar-refractivity contribution in [2.75, 3.05) is 5.73 Å². The number of carbonyl (C=O) groups excluding carboxylic acids is 1. The second-order valence-electron chi connectivity index (χ2n) is 2.87. The van der Waals surface area contributed by atoms with Crippen molar-refractivity contribution in [1.29, 1.82) is 0 Å². The third-order valence-corrected chi connectivity index (χ3v) is 2.56. The number of halogens is 1. The number of aromatic nitrogens is 1. The molecule has 0 aromatic carbocycles. The van der Waals surface area contributed by atoms with E-state index in [0.717, 1.165) is 4.47 Å².